The van der Waals surface area contributed by atoms with Crippen molar-refractivity contribution in [2.24, 2.45) is 0 Å². The van der Waals surface area contributed by atoms with Gasteiger partial charge in [-0.25, -0.2) is 0 Å². The molecular weight excluding hydrogens is 248 g/mol. The van der Waals surface area contributed by atoms with Gasteiger partial charge >= 0.3 is 0 Å². The van der Waals surface area contributed by atoms with Crippen molar-refractivity contribution in [3.05, 3.63) is 41.0 Å². The Bertz CT molecular complexity index is 529. The molecule has 20 heavy (non-hydrogen) atoms. The molecule has 1 aliphatic rings. The highest BCUT2D eigenvalue weighted by atomic mass is 16.2. The van der Waals surface area contributed by atoms with E-state index in [1.165, 1.54) is 18.4 Å². The van der Waals surface area contributed by atoms with E-state index in [0.29, 0.717) is 0 Å². The van der Waals surface area contributed by atoms with Gasteiger partial charge in [-0.1, -0.05) is 42.7 Å². The molecule has 0 N–H and O–H groups in total. The molecule has 104 valence electrons. The summed E-state index contributed by atoms with van der Waals surface area (Å²) < 4.78 is 0. The second kappa shape index (κ2) is 6.91. The van der Waals surface area contributed by atoms with Crippen molar-refractivity contribution in [3.63, 3.8) is 0 Å². The topological polar surface area (TPSA) is 44.1 Å². The first-order chi connectivity index (χ1) is 9.70. The van der Waals surface area contributed by atoms with Crippen LogP contribution in [0.15, 0.2) is 29.8 Å². The number of carbonyl (C=O) groups excluding carboxylic acids is 1. The van der Waals surface area contributed by atoms with Gasteiger partial charge in [-0.15, -0.1) is 0 Å². The van der Waals surface area contributed by atoms with Gasteiger partial charge in [0.15, 0.2) is 0 Å². The summed E-state index contributed by atoms with van der Waals surface area (Å²) in [6.45, 7) is 3.55. The number of hydrogen-bond donors (Lipinski definition) is 0. The van der Waals surface area contributed by atoms with Gasteiger partial charge in [-0.05, 0) is 31.4 Å². The predicted octanol–water partition coefficient (Wildman–Crippen LogP) is 3.30. The molecule has 0 atom stereocenters. The predicted molar refractivity (Wildman–Crippen MR) is 79.8 cm³/mol. The van der Waals surface area contributed by atoms with E-state index in [2.05, 4.69) is 6.07 Å². The van der Waals surface area contributed by atoms with Gasteiger partial charge in [0.05, 0.1) is 0 Å². The highest BCUT2D eigenvalue weighted by molar-refractivity contribution is 6.01. The van der Waals surface area contributed by atoms with E-state index in [9.17, 15) is 10.1 Å². The van der Waals surface area contributed by atoms with E-state index >= 15 is 0 Å². The average molecular weight is 268 g/mol. The SMILES string of the molecule is Cc1ccc(C=C(C#N)C(=O)N2CCCCCC2)cc1. The second-order valence-corrected chi connectivity index (χ2v) is 5.29. The van der Waals surface area contributed by atoms with Gasteiger partial charge in [0.1, 0.15) is 11.6 Å². The maximum absolute atomic E-state index is 12.4. The number of nitriles is 1. The van der Waals surface area contributed by atoms with Crippen LogP contribution in [0.3, 0.4) is 0 Å². The number of hydrogen-bond acceptors (Lipinski definition) is 2. The minimum atomic E-state index is -0.130. The molecule has 0 spiro atoms. The molecule has 0 aromatic heterocycles. The zero-order valence-corrected chi connectivity index (χ0v) is 11.9. The number of likely N-dealkylation sites (tertiary alicyclic amines) is 1. The molecule has 1 heterocycles. The lowest BCUT2D eigenvalue weighted by molar-refractivity contribution is -0.126. The van der Waals surface area contributed by atoms with Gasteiger partial charge in [0, 0.05) is 13.1 Å². The summed E-state index contributed by atoms with van der Waals surface area (Å²) in [7, 11) is 0. The van der Waals surface area contributed by atoms with E-state index in [0.717, 1.165) is 31.5 Å². The smallest absolute Gasteiger partial charge is 0.264 e. The molecule has 1 aromatic carbocycles. The molecule has 1 aromatic rings. The van der Waals surface area contributed by atoms with Gasteiger partial charge < -0.3 is 4.90 Å². The van der Waals surface area contributed by atoms with Crippen LogP contribution in [-0.2, 0) is 4.79 Å². The highest BCUT2D eigenvalue weighted by Crippen LogP contribution is 2.15. The Morgan fingerprint density at radius 1 is 1.15 bits per heavy atom. The van der Waals surface area contributed by atoms with Crippen molar-refractivity contribution in [1.29, 1.82) is 5.26 Å². The molecule has 0 radical (unpaired) electrons. The summed E-state index contributed by atoms with van der Waals surface area (Å²) in [4.78, 5) is 14.2. The number of amides is 1. The molecule has 3 nitrogen and oxygen atoms in total. The molecule has 0 bridgehead atoms. The van der Waals surface area contributed by atoms with Gasteiger partial charge in [-0.2, -0.15) is 5.26 Å². The van der Waals surface area contributed by atoms with Gasteiger partial charge in [0.25, 0.3) is 5.91 Å². The van der Waals surface area contributed by atoms with Crippen LogP contribution in [0.2, 0.25) is 0 Å². The molecule has 2 rings (SSSR count). The van der Waals surface area contributed by atoms with Crippen LogP contribution in [0, 0.1) is 18.3 Å². The third-order valence-electron chi connectivity index (χ3n) is 3.63. The van der Waals surface area contributed by atoms with Crippen molar-refractivity contribution < 1.29 is 4.79 Å². The molecule has 1 fully saturated rings. The van der Waals surface area contributed by atoms with E-state index in [1.54, 1.807) is 6.08 Å². The third kappa shape index (κ3) is 3.71. The standard InChI is InChI=1S/C17H20N2O/c1-14-6-8-15(9-7-14)12-16(13-18)17(20)19-10-4-2-3-5-11-19/h6-9,12H,2-5,10-11H2,1H3. The minimum absolute atomic E-state index is 0.130. The maximum Gasteiger partial charge on any atom is 0.264 e. The van der Waals surface area contributed by atoms with Crippen LogP contribution >= 0.6 is 0 Å². The summed E-state index contributed by atoms with van der Waals surface area (Å²) >= 11 is 0. The summed E-state index contributed by atoms with van der Waals surface area (Å²) in [6, 6.07) is 9.89. The Morgan fingerprint density at radius 3 is 2.30 bits per heavy atom. The zero-order valence-electron chi connectivity index (χ0n) is 11.9. The Labute approximate surface area is 120 Å². The van der Waals surface area contributed by atoms with E-state index in [1.807, 2.05) is 36.1 Å². The average Bonchev–Trinajstić information content (AvgIpc) is 2.75. The molecule has 0 aliphatic carbocycles. The van der Waals surface area contributed by atoms with Crippen molar-refractivity contribution in [3.8, 4) is 6.07 Å². The zero-order chi connectivity index (χ0) is 14.4. The minimum Gasteiger partial charge on any atom is -0.338 e. The lowest BCUT2D eigenvalue weighted by atomic mass is 10.1. The molecule has 0 saturated carbocycles. The number of benzene rings is 1. The monoisotopic (exact) mass is 268 g/mol. The first-order valence-electron chi connectivity index (χ1n) is 7.18. The van der Waals surface area contributed by atoms with Crippen molar-refractivity contribution in [2.75, 3.05) is 13.1 Å². The van der Waals surface area contributed by atoms with Crippen LogP contribution in [0.1, 0.15) is 36.8 Å². The molecule has 1 amide bonds. The van der Waals surface area contributed by atoms with Crippen LogP contribution in [0.25, 0.3) is 6.08 Å². The lowest BCUT2D eigenvalue weighted by Gasteiger charge is -2.19. The summed E-state index contributed by atoms with van der Waals surface area (Å²) in [5.74, 6) is -0.130. The normalized spacial score (nSPS) is 16.4. The summed E-state index contributed by atoms with van der Waals surface area (Å²) in [5, 5.41) is 9.25. The van der Waals surface area contributed by atoms with Crippen molar-refractivity contribution >= 4 is 12.0 Å². The Balaban J connectivity index is 2.16. The highest BCUT2D eigenvalue weighted by Gasteiger charge is 2.19. The number of carbonyl (C=O) groups is 1. The summed E-state index contributed by atoms with van der Waals surface area (Å²) in [5.41, 5.74) is 2.30. The largest absolute Gasteiger partial charge is 0.338 e. The van der Waals surface area contributed by atoms with Gasteiger partial charge in [-0.3, -0.25) is 4.79 Å². The lowest BCUT2D eigenvalue weighted by Crippen LogP contribution is -2.32. The van der Waals surface area contributed by atoms with E-state index in [-0.39, 0.29) is 11.5 Å². The molecule has 1 saturated heterocycles. The van der Waals surface area contributed by atoms with Crippen LogP contribution < -0.4 is 0 Å². The summed E-state index contributed by atoms with van der Waals surface area (Å²) in [6.07, 6.45) is 6.11. The van der Waals surface area contributed by atoms with Crippen molar-refractivity contribution in [1.82, 2.24) is 4.90 Å². The quantitative estimate of drug-likeness (QED) is 0.610. The van der Waals surface area contributed by atoms with Crippen LogP contribution in [0.4, 0.5) is 0 Å². The molecule has 0 unspecified atom stereocenters. The molecule has 1 aliphatic heterocycles. The van der Waals surface area contributed by atoms with Crippen LogP contribution in [-0.4, -0.2) is 23.9 Å². The van der Waals surface area contributed by atoms with E-state index < -0.39 is 0 Å². The van der Waals surface area contributed by atoms with Crippen LogP contribution in [0.5, 0.6) is 0 Å². The van der Waals surface area contributed by atoms with E-state index in [4.69, 9.17) is 0 Å². The van der Waals surface area contributed by atoms with Crippen molar-refractivity contribution in [2.45, 2.75) is 32.6 Å². The Kier molecular flexibility index (Phi) is 4.95. The molecular formula is C17H20N2O. The third-order valence-corrected chi connectivity index (χ3v) is 3.63. The fourth-order valence-corrected chi connectivity index (χ4v) is 2.42. The first-order valence-corrected chi connectivity index (χ1v) is 7.18. The Morgan fingerprint density at radius 2 is 1.75 bits per heavy atom. The number of rotatable bonds is 2. The fourth-order valence-electron chi connectivity index (χ4n) is 2.42. The second-order valence-electron chi connectivity index (χ2n) is 5.29. The fraction of sp³-hybridized carbons (Fsp3) is 0.412. The molecule has 3 heteroatoms. The van der Waals surface area contributed by atoms with Gasteiger partial charge in [0.2, 0.25) is 0 Å². The number of aryl methyl sites for hydroxylation is 1. The Hall–Kier alpha value is -2.08. The maximum atomic E-state index is 12.4. The first kappa shape index (κ1) is 14.3. The number of nitrogens with zero attached hydrogens (tertiary/aromatic N) is 2.